The predicted molar refractivity (Wildman–Crippen MR) is 95.6 cm³/mol. The average molecular weight is 338 g/mol. The highest BCUT2D eigenvalue weighted by atomic mass is 16.5. The minimum atomic E-state index is -0.322. The molecule has 4 heteroatoms. The quantitative estimate of drug-likeness (QED) is 0.437. The molecule has 1 unspecified atom stereocenters. The SMILES string of the molecule is CCCCCCCOC(=O)C1CCCN1C(=O)CCC1CCCC1. The zero-order chi connectivity index (χ0) is 17.2. The van der Waals surface area contributed by atoms with Gasteiger partial charge in [0.15, 0.2) is 0 Å². The summed E-state index contributed by atoms with van der Waals surface area (Å²) in [7, 11) is 0. The number of hydrogen-bond donors (Lipinski definition) is 0. The Balaban J connectivity index is 1.66. The molecule has 24 heavy (non-hydrogen) atoms. The highest BCUT2D eigenvalue weighted by molar-refractivity contribution is 5.85. The second-order valence-corrected chi connectivity index (χ2v) is 7.52. The Labute approximate surface area is 147 Å². The standard InChI is InChI=1S/C20H35NO3/c1-2-3-4-5-8-16-24-20(23)18-12-9-15-21(18)19(22)14-13-17-10-6-7-11-17/h17-18H,2-16H2,1H3. The number of hydrogen-bond acceptors (Lipinski definition) is 3. The van der Waals surface area contributed by atoms with Crippen LogP contribution in [0.2, 0.25) is 0 Å². The van der Waals surface area contributed by atoms with Crippen LogP contribution in [0.4, 0.5) is 0 Å². The normalized spacial score (nSPS) is 21.4. The van der Waals surface area contributed by atoms with Crippen molar-refractivity contribution in [1.29, 1.82) is 0 Å². The molecular weight excluding hydrogens is 302 g/mol. The minimum absolute atomic E-state index is 0.157. The van der Waals surface area contributed by atoms with Gasteiger partial charge < -0.3 is 9.64 Å². The molecule has 0 aromatic heterocycles. The Morgan fingerprint density at radius 2 is 1.75 bits per heavy atom. The molecule has 1 saturated carbocycles. The lowest BCUT2D eigenvalue weighted by Gasteiger charge is -2.24. The van der Waals surface area contributed by atoms with Crippen LogP contribution in [0.3, 0.4) is 0 Å². The second kappa shape index (κ2) is 10.7. The predicted octanol–water partition coefficient (Wildman–Crippen LogP) is 4.46. The Morgan fingerprint density at radius 3 is 2.50 bits per heavy atom. The van der Waals surface area contributed by atoms with Crippen molar-refractivity contribution in [2.24, 2.45) is 5.92 Å². The molecule has 0 aromatic rings. The molecule has 138 valence electrons. The van der Waals surface area contributed by atoms with Gasteiger partial charge in [0, 0.05) is 13.0 Å². The van der Waals surface area contributed by atoms with Crippen molar-refractivity contribution in [3.63, 3.8) is 0 Å². The van der Waals surface area contributed by atoms with E-state index in [0.29, 0.717) is 13.0 Å². The maximum absolute atomic E-state index is 12.5. The number of esters is 1. The minimum Gasteiger partial charge on any atom is -0.464 e. The van der Waals surface area contributed by atoms with E-state index in [9.17, 15) is 9.59 Å². The Morgan fingerprint density at radius 1 is 1.00 bits per heavy atom. The van der Waals surface area contributed by atoms with Crippen LogP contribution in [0.1, 0.15) is 90.4 Å². The van der Waals surface area contributed by atoms with Crippen LogP contribution < -0.4 is 0 Å². The highest BCUT2D eigenvalue weighted by Crippen LogP contribution is 2.29. The van der Waals surface area contributed by atoms with Crippen molar-refractivity contribution >= 4 is 11.9 Å². The van der Waals surface area contributed by atoms with E-state index in [1.54, 1.807) is 4.90 Å². The van der Waals surface area contributed by atoms with Crippen molar-refractivity contribution in [1.82, 2.24) is 4.90 Å². The third kappa shape index (κ3) is 6.10. The first-order valence-corrected chi connectivity index (χ1v) is 10.2. The third-order valence-electron chi connectivity index (χ3n) is 5.58. The molecule has 2 aliphatic rings. The van der Waals surface area contributed by atoms with Gasteiger partial charge in [-0.05, 0) is 31.6 Å². The molecule has 2 fully saturated rings. The van der Waals surface area contributed by atoms with E-state index in [4.69, 9.17) is 4.74 Å². The summed E-state index contributed by atoms with van der Waals surface area (Å²) >= 11 is 0. The topological polar surface area (TPSA) is 46.6 Å². The lowest BCUT2D eigenvalue weighted by molar-refractivity contribution is -0.153. The van der Waals surface area contributed by atoms with Gasteiger partial charge in [-0.25, -0.2) is 4.79 Å². The van der Waals surface area contributed by atoms with Crippen LogP contribution in [-0.2, 0) is 14.3 Å². The van der Waals surface area contributed by atoms with E-state index < -0.39 is 0 Å². The van der Waals surface area contributed by atoms with Gasteiger partial charge in [0.05, 0.1) is 6.61 Å². The summed E-state index contributed by atoms with van der Waals surface area (Å²) in [6, 6.07) is -0.322. The fourth-order valence-corrected chi connectivity index (χ4v) is 4.06. The van der Waals surface area contributed by atoms with Gasteiger partial charge in [-0.15, -0.1) is 0 Å². The van der Waals surface area contributed by atoms with E-state index in [2.05, 4.69) is 6.92 Å². The number of unbranched alkanes of at least 4 members (excludes halogenated alkanes) is 4. The van der Waals surface area contributed by atoms with Crippen molar-refractivity contribution in [2.45, 2.75) is 96.4 Å². The zero-order valence-corrected chi connectivity index (χ0v) is 15.4. The van der Waals surface area contributed by atoms with Gasteiger partial charge in [0.2, 0.25) is 5.91 Å². The molecular formula is C20H35NO3. The van der Waals surface area contributed by atoms with Gasteiger partial charge in [-0.2, -0.15) is 0 Å². The molecule has 1 amide bonds. The summed E-state index contributed by atoms with van der Waals surface area (Å²) in [6.07, 6.45) is 14.2. The summed E-state index contributed by atoms with van der Waals surface area (Å²) in [6.45, 7) is 3.42. The summed E-state index contributed by atoms with van der Waals surface area (Å²) in [4.78, 5) is 26.6. The molecule has 0 aromatic carbocycles. The summed E-state index contributed by atoms with van der Waals surface area (Å²) in [5.41, 5.74) is 0. The Kier molecular flexibility index (Phi) is 8.62. The molecule has 0 bridgehead atoms. The van der Waals surface area contributed by atoms with E-state index >= 15 is 0 Å². The number of likely N-dealkylation sites (tertiary alicyclic amines) is 1. The summed E-state index contributed by atoms with van der Waals surface area (Å²) in [5, 5.41) is 0. The number of ether oxygens (including phenoxy) is 1. The fraction of sp³-hybridized carbons (Fsp3) is 0.900. The molecule has 2 rings (SSSR count). The first kappa shape index (κ1) is 19.3. The molecule has 1 saturated heterocycles. The number of amides is 1. The van der Waals surface area contributed by atoms with Gasteiger partial charge in [-0.1, -0.05) is 58.3 Å². The van der Waals surface area contributed by atoms with E-state index in [-0.39, 0.29) is 17.9 Å². The van der Waals surface area contributed by atoms with Crippen molar-refractivity contribution in [3.05, 3.63) is 0 Å². The maximum atomic E-state index is 12.5. The maximum Gasteiger partial charge on any atom is 0.328 e. The van der Waals surface area contributed by atoms with Crippen molar-refractivity contribution in [3.8, 4) is 0 Å². The van der Waals surface area contributed by atoms with Crippen molar-refractivity contribution in [2.75, 3.05) is 13.2 Å². The average Bonchev–Trinajstić information content (AvgIpc) is 3.27. The number of nitrogens with zero attached hydrogens (tertiary/aromatic N) is 1. The molecule has 0 N–H and O–H groups in total. The van der Waals surface area contributed by atoms with E-state index in [1.807, 2.05) is 0 Å². The first-order valence-electron chi connectivity index (χ1n) is 10.2. The largest absolute Gasteiger partial charge is 0.464 e. The molecule has 0 radical (unpaired) electrons. The van der Waals surface area contributed by atoms with Crippen LogP contribution in [-0.4, -0.2) is 36.0 Å². The molecule has 1 aliphatic heterocycles. The molecule has 4 nitrogen and oxygen atoms in total. The smallest absolute Gasteiger partial charge is 0.328 e. The number of carbonyl (C=O) groups is 2. The molecule has 1 heterocycles. The van der Waals surface area contributed by atoms with Gasteiger partial charge in [0.1, 0.15) is 6.04 Å². The van der Waals surface area contributed by atoms with Crippen LogP contribution in [0.5, 0.6) is 0 Å². The summed E-state index contributed by atoms with van der Waals surface area (Å²) in [5.74, 6) is 0.701. The second-order valence-electron chi connectivity index (χ2n) is 7.52. The summed E-state index contributed by atoms with van der Waals surface area (Å²) < 4.78 is 5.43. The Bertz CT molecular complexity index is 390. The van der Waals surface area contributed by atoms with Crippen LogP contribution in [0.15, 0.2) is 0 Å². The lowest BCUT2D eigenvalue weighted by Crippen LogP contribution is -2.41. The molecule has 1 aliphatic carbocycles. The lowest BCUT2D eigenvalue weighted by atomic mass is 10.0. The third-order valence-corrected chi connectivity index (χ3v) is 5.58. The van der Waals surface area contributed by atoms with Gasteiger partial charge >= 0.3 is 5.97 Å². The number of rotatable bonds is 10. The van der Waals surface area contributed by atoms with E-state index in [0.717, 1.165) is 44.6 Å². The number of carbonyl (C=O) groups excluding carboxylic acids is 2. The molecule has 0 spiro atoms. The van der Waals surface area contributed by atoms with Crippen LogP contribution >= 0.6 is 0 Å². The van der Waals surface area contributed by atoms with E-state index in [1.165, 1.54) is 44.9 Å². The van der Waals surface area contributed by atoms with Gasteiger partial charge in [0.25, 0.3) is 0 Å². The van der Waals surface area contributed by atoms with Gasteiger partial charge in [-0.3, -0.25) is 4.79 Å². The zero-order valence-electron chi connectivity index (χ0n) is 15.4. The Hall–Kier alpha value is -1.06. The first-order chi connectivity index (χ1) is 11.7. The fourth-order valence-electron chi connectivity index (χ4n) is 4.06. The van der Waals surface area contributed by atoms with Crippen molar-refractivity contribution < 1.29 is 14.3 Å². The monoisotopic (exact) mass is 337 g/mol. The van der Waals surface area contributed by atoms with Crippen LogP contribution in [0.25, 0.3) is 0 Å². The molecule has 1 atom stereocenters. The highest BCUT2D eigenvalue weighted by Gasteiger charge is 2.35. The van der Waals surface area contributed by atoms with Crippen LogP contribution in [0, 0.1) is 5.92 Å².